The number of esters is 1. The minimum Gasteiger partial charge on any atom is -0.486 e. The third kappa shape index (κ3) is 4.39. The maximum absolute atomic E-state index is 13.3. The third-order valence-corrected chi connectivity index (χ3v) is 6.32. The Morgan fingerprint density at radius 1 is 1.23 bits per heavy atom. The van der Waals surface area contributed by atoms with Gasteiger partial charge in [-0.3, -0.25) is 9.69 Å². The molecule has 1 aromatic heterocycles. The van der Waals surface area contributed by atoms with Crippen LogP contribution in [0.1, 0.15) is 49.4 Å². The highest BCUT2D eigenvalue weighted by Crippen LogP contribution is 2.38. The molecule has 1 amide bonds. The number of ether oxygens (including phenoxy) is 3. The molecule has 2 aromatic rings. The van der Waals surface area contributed by atoms with Gasteiger partial charge >= 0.3 is 5.97 Å². The Hall–Kier alpha value is -2.32. The summed E-state index contributed by atoms with van der Waals surface area (Å²) in [6.45, 7) is 2.36. The Kier molecular flexibility index (Phi) is 6.43. The van der Waals surface area contributed by atoms with E-state index in [1.54, 1.807) is 18.0 Å². The van der Waals surface area contributed by atoms with Crippen molar-refractivity contribution in [2.75, 3.05) is 18.1 Å². The Bertz CT molecular complexity index is 914. The Morgan fingerprint density at radius 3 is 2.73 bits per heavy atom. The van der Waals surface area contributed by atoms with Crippen LogP contribution in [0.4, 0.5) is 5.13 Å². The molecule has 4 rings (SSSR count). The van der Waals surface area contributed by atoms with Gasteiger partial charge in [0.05, 0.1) is 10.6 Å². The lowest BCUT2D eigenvalue weighted by atomic mass is 9.94. The van der Waals surface area contributed by atoms with Crippen LogP contribution in [0.2, 0.25) is 5.02 Å². The van der Waals surface area contributed by atoms with Crippen molar-refractivity contribution in [1.29, 1.82) is 0 Å². The van der Waals surface area contributed by atoms with E-state index in [0.29, 0.717) is 29.8 Å². The van der Waals surface area contributed by atoms with Crippen LogP contribution in [0, 0.1) is 0 Å². The molecule has 160 valence electrons. The predicted molar refractivity (Wildman–Crippen MR) is 114 cm³/mol. The largest absolute Gasteiger partial charge is 0.486 e. The molecular formula is C21H23ClN2O5S. The van der Waals surface area contributed by atoms with Gasteiger partial charge in [-0.1, -0.05) is 30.9 Å². The van der Waals surface area contributed by atoms with Crippen molar-refractivity contribution in [2.24, 2.45) is 0 Å². The molecule has 30 heavy (non-hydrogen) atoms. The number of carbonyl (C=O) groups excluding carboxylic acids is 2. The molecule has 1 aliphatic carbocycles. The zero-order valence-corrected chi connectivity index (χ0v) is 18.2. The van der Waals surface area contributed by atoms with Gasteiger partial charge in [0, 0.05) is 17.6 Å². The number of hydrogen-bond acceptors (Lipinski definition) is 7. The second-order valence-electron chi connectivity index (χ2n) is 7.34. The maximum atomic E-state index is 13.3. The van der Waals surface area contributed by atoms with Crippen LogP contribution in [-0.4, -0.2) is 42.2 Å². The summed E-state index contributed by atoms with van der Waals surface area (Å²) in [6, 6.07) is 3.07. The molecule has 0 N–H and O–H groups in total. The van der Waals surface area contributed by atoms with Crippen molar-refractivity contribution in [3.05, 3.63) is 34.3 Å². The Morgan fingerprint density at radius 2 is 2.00 bits per heavy atom. The molecule has 9 heteroatoms. The third-order valence-electron chi connectivity index (χ3n) is 5.27. The second-order valence-corrected chi connectivity index (χ2v) is 8.62. The van der Waals surface area contributed by atoms with Crippen molar-refractivity contribution in [3.8, 4) is 11.5 Å². The van der Waals surface area contributed by atoms with Crippen LogP contribution in [0.3, 0.4) is 0 Å². The summed E-state index contributed by atoms with van der Waals surface area (Å²) in [4.78, 5) is 32.0. The van der Waals surface area contributed by atoms with E-state index in [9.17, 15) is 9.59 Å². The first-order valence-electron chi connectivity index (χ1n) is 10.1. The first-order valence-corrected chi connectivity index (χ1v) is 11.3. The fraction of sp³-hybridized carbons (Fsp3) is 0.476. The molecule has 1 atom stereocenters. The topological polar surface area (TPSA) is 78.0 Å². The van der Waals surface area contributed by atoms with Crippen molar-refractivity contribution in [3.63, 3.8) is 0 Å². The van der Waals surface area contributed by atoms with Gasteiger partial charge in [0.25, 0.3) is 5.91 Å². The molecule has 7 nitrogen and oxygen atoms in total. The summed E-state index contributed by atoms with van der Waals surface area (Å²) in [5.41, 5.74) is 0.211. The summed E-state index contributed by atoms with van der Waals surface area (Å²) in [6.07, 6.45) is 5.87. The predicted octanol–water partition coefficient (Wildman–Crippen LogP) is 4.48. The summed E-state index contributed by atoms with van der Waals surface area (Å²) in [5, 5.41) is 2.74. The minimum atomic E-state index is -0.963. The van der Waals surface area contributed by atoms with E-state index in [2.05, 4.69) is 4.98 Å². The molecule has 1 saturated carbocycles. The molecule has 2 aliphatic rings. The highest BCUT2D eigenvalue weighted by atomic mass is 35.5. The van der Waals surface area contributed by atoms with E-state index >= 15 is 0 Å². The number of thiazole rings is 1. The lowest BCUT2D eigenvalue weighted by molar-refractivity contribution is -0.127. The average molecular weight is 451 g/mol. The number of amides is 1. The SMILES string of the molecule is CC(OC(=O)c1cc(Cl)c2c(c1)OCCO2)C(=O)N(c1nccs1)C1CCCCC1. The molecule has 1 fully saturated rings. The number of rotatable bonds is 5. The Balaban J connectivity index is 1.50. The first-order chi connectivity index (χ1) is 14.5. The fourth-order valence-electron chi connectivity index (χ4n) is 3.81. The summed E-state index contributed by atoms with van der Waals surface area (Å²) < 4.78 is 16.5. The zero-order chi connectivity index (χ0) is 21.1. The number of fused-ring (bicyclic) bond motifs is 1. The van der Waals surface area contributed by atoms with Gasteiger partial charge in [0.1, 0.15) is 13.2 Å². The van der Waals surface area contributed by atoms with E-state index in [1.165, 1.54) is 29.9 Å². The standard InChI is InChI=1S/C21H23ClN2O5S/c1-13(19(25)24(21-23-7-10-30-21)15-5-3-2-4-6-15)29-20(26)14-11-16(22)18-17(12-14)27-8-9-28-18/h7,10-13,15H,2-6,8-9H2,1H3. The molecule has 1 unspecified atom stereocenters. The van der Waals surface area contributed by atoms with E-state index in [-0.39, 0.29) is 22.5 Å². The normalized spacial score (nSPS) is 17.3. The summed E-state index contributed by atoms with van der Waals surface area (Å²) >= 11 is 7.62. The molecule has 1 aromatic carbocycles. The Labute approximate surface area is 183 Å². The van der Waals surface area contributed by atoms with Crippen LogP contribution in [0.25, 0.3) is 0 Å². The molecule has 1 aliphatic heterocycles. The van der Waals surface area contributed by atoms with Gasteiger partial charge in [0.2, 0.25) is 0 Å². The smallest absolute Gasteiger partial charge is 0.339 e. The van der Waals surface area contributed by atoms with Crippen molar-refractivity contribution in [1.82, 2.24) is 4.98 Å². The van der Waals surface area contributed by atoms with Crippen LogP contribution in [0.5, 0.6) is 11.5 Å². The van der Waals surface area contributed by atoms with Gasteiger partial charge in [-0.05, 0) is 31.9 Å². The number of anilines is 1. The quantitative estimate of drug-likeness (QED) is 0.625. The zero-order valence-electron chi connectivity index (χ0n) is 16.6. The van der Waals surface area contributed by atoms with Gasteiger partial charge in [-0.15, -0.1) is 11.3 Å². The van der Waals surface area contributed by atoms with Crippen molar-refractivity contribution >= 4 is 39.9 Å². The second kappa shape index (κ2) is 9.22. The van der Waals surface area contributed by atoms with Crippen LogP contribution in [0.15, 0.2) is 23.7 Å². The van der Waals surface area contributed by atoms with Gasteiger partial charge < -0.3 is 14.2 Å². The number of nitrogens with zero attached hydrogens (tertiary/aromatic N) is 2. The molecule has 0 saturated heterocycles. The fourth-order valence-corrected chi connectivity index (χ4v) is 4.79. The summed E-state index contributed by atoms with van der Waals surface area (Å²) in [5.74, 6) is -0.103. The highest BCUT2D eigenvalue weighted by molar-refractivity contribution is 7.13. The van der Waals surface area contributed by atoms with Crippen LogP contribution >= 0.6 is 22.9 Å². The molecular weight excluding hydrogens is 428 g/mol. The molecule has 0 spiro atoms. The van der Waals surface area contributed by atoms with Gasteiger partial charge in [-0.25, -0.2) is 9.78 Å². The van der Waals surface area contributed by atoms with Gasteiger partial charge in [0.15, 0.2) is 22.7 Å². The molecule has 2 heterocycles. The molecule has 0 bridgehead atoms. The van der Waals surface area contributed by atoms with Crippen molar-refractivity contribution in [2.45, 2.75) is 51.2 Å². The number of aromatic nitrogens is 1. The van der Waals surface area contributed by atoms with E-state index in [0.717, 1.165) is 25.7 Å². The lowest BCUT2D eigenvalue weighted by Crippen LogP contribution is -2.47. The summed E-state index contributed by atoms with van der Waals surface area (Å²) in [7, 11) is 0. The van der Waals surface area contributed by atoms with Crippen LogP contribution in [-0.2, 0) is 9.53 Å². The lowest BCUT2D eigenvalue weighted by Gasteiger charge is -2.33. The van der Waals surface area contributed by atoms with Gasteiger partial charge in [-0.2, -0.15) is 0 Å². The molecule has 0 radical (unpaired) electrons. The van der Waals surface area contributed by atoms with Crippen molar-refractivity contribution < 1.29 is 23.8 Å². The number of benzene rings is 1. The van der Waals surface area contributed by atoms with E-state index in [1.807, 2.05) is 5.38 Å². The number of carbonyl (C=O) groups is 2. The highest BCUT2D eigenvalue weighted by Gasteiger charge is 2.33. The number of hydrogen-bond donors (Lipinski definition) is 0. The minimum absolute atomic E-state index is 0.0716. The monoisotopic (exact) mass is 450 g/mol. The van der Waals surface area contributed by atoms with E-state index in [4.69, 9.17) is 25.8 Å². The maximum Gasteiger partial charge on any atom is 0.339 e. The number of halogens is 1. The average Bonchev–Trinajstić information content (AvgIpc) is 3.29. The van der Waals surface area contributed by atoms with Crippen LogP contribution < -0.4 is 14.4 Å². The van der Waals surface area contributed by atoms with E-state index < -0.39 is 12.1 Å². The first kappa shape index (κ1) is 20.9.